The first-order chi connectivity index (χ1) is 6.18. The molecule has 1 aliphatic carbocycles. The summed E-state index contributed by atoms with van der Waals surface area (Å²) in [7, 11) is 0. The zero-order valence-corrected chi connectivity index (χ0v) is 10.6. The molecule has 1 aromatic carbocycles. The fourth-order valence-corrected chi connectivity index (χ4v) is 1.94. The molecule has 0 spiro atoms. The van der Waals surface area contributed by atoms with Gasteiger partial charge in [0.1, 0.15) is 0 Å². The van der Waals surface area contributed by atoms with Crippen molar-refractivity contribution in [2.24, 2.45) is 11.7 Å². The summed E-state index contributed by atoms with van der Waals surface area (Å²) in [5.74, 6) is 0.731. The van der Waals surface area contributed by atoms with Crippen LogP contribution < -0.4 is 5.73 Å². The minimum atomic E-state index is 0. The Kier molecular flexibility index (Phi) is 3.99. The highest BCUT2D eigenvalue weighted by atomic mass is 79.9. The highest BCUT2D eigenvalue weighted by Gasteiger charge is 2.29. The summed E-state index contributed by atoms with van der Waals surface area (Å²) in [5, 5.41) is 0. The topological polar surface area (TPSA) is 26.0 Å². The van der Waals surface area contributed by atoms with E-state index in [0.717, 1.165) is 5.92 Å². The predicted molar refractivity (Wildman–Crippen MR) is 65.8 cm³/mol. The molecule has 78 valence electrons. The number of rotatable bonds is 2. The van der Waals surface area contributed by atoms with Gasteiger partial charge >= 0.3 is 0 Å². The molecule has 2 rings (SSSR count). The predicted octanol–water partition coefficient (Wildman–Crippen LogP) is 3.59. The van der Waals surface area contributed by atoms with Crippen LogP contribution in [0.15, 0.2) is 22.7 Å². The first-order valence-electron chi connectivity index (χ1n) is 4.70. The van der Waals surface area contributed by atoms with Crippen molar-refractivity contribution in [3.05, 3.63) is 33.8 Å². The molecule has 0 saturated heterocycles. The van der Waals surface area contributed by atoms with Gasteiger partial charge in [0.25, 0.3) is 0 Å². The highest BCUT2D eigenvalue weighted by molar-refractivity contribution is 9.10. The summed E-state index contributed by atoms with van der Waals surface area (Å²) in [5.41, 5.74) is 8.63. The Bertz CT molecular complexity index is 323. The van der Waals surface area contributed by atoms with Gasteiger partial charge < -0.3 is 5.73 Å². The van der Waals surface area contributed by atoms with Crippen LogP contribution in [-0.2, 0) is 0 Å². The summed E-state index contributed by atoms with van der Waals surface area (Å²) in [6.07, 6.45) is 2.60. The average molecular weight is 277 g/mol. The van der Waals surface area contributed by atoms with Crippen molar-refractivity contribution in [3.63, 3.8) is 0 Å². The molecule has 0 aromatic heterocycles. The fourth-order valence-electron chi connectivity index (χ4n) is 1.54. The maximum absolute atomic E-state index is 6.10. The zero-order valence-electron chi connectivity index (χ0n) is 8.16. The van der Waals surface area contributed by atoms with Gasteiger partial charge in [-0.1, -0.05) is 28.1 Å². The van der Waals surface area contributed by atoms with Crippen LogP contribution in [0.5, 0.6) is 0 Å². The molecule has 1 fully saturated rings. The number of hydrogen-bond acceptors (Lipinski definition) is 1. The van der Waals surface area contributed by atoms with E-state index in [-0.39, 0.29) is 18.4 Å². The molecular formula is C11H15BrClN. The smallest absolute Gasteiger partial charge is 0.0323 e. The molecule has 0 heterocycles. The summed E-state index contributed by atoms with van der Waals surface area (Å²) in [6, 6.07) is 6.67. The summed E-state index contributed by atoms with van der Waals surface area (Å²) >= 11 is 3.53. The minimum Gasteiger partial charge on any atom is -0.324 e. The highest BCUT2D eigenvalue weighted by Crippen LogP contribution is 2.39. The van der Waals surface area contributed by atoms with Gasteiger partial charge in [-0.15, -0.1) is 12.4 Å². The summed E-state index contributed by atoms with van der Waals surface area (Å²) in [4.78, 5) is 0. The SMILES string of the molecule is Cc1ccc([C@H](N)C2CC2)cc1Br.Cl. The Morgan fingerprint density at radius 1 is 1.43 bits per heavy atom. The maximum atomic E-state index is 6.10. The lowest BCUT2D eigenvalue weighted by Gasteiger charge is -2.11. The number of hydrogen-bond donors (Lipinski definition) is 1. The monoisotopic (exact) mass is 275 g/mol. The molecule has 0 unspecified atom stereocenters. The van der Waals surface area contributed by atoms with E-state index in [0.29, 0.717) is 0 Å². The van der Waals surface area contributed by atoms with E-state index in [9.17, 15) is 0 Å². The van der Waals surface area contributed by atoms with Crippen LogP contribution in [0.3, 0.4) is 0 Å². The second-order valence-electron chi connectivity index (χ2n) is 3.87. The molecule has 0 aliphatic heterocycles. The molecule has 1 saturated carbocycles. The molecule has 1 nitrogen and oxygen atoms in total. The average Bonchev–Trinajstić information content (AvgIpc) is 2.91. The Morgan fingerprint density at radius 2 is 2.07 bits per heavy atom. The third-order valence-corrected chi connectivity index (χ3v) is 3.57. The van der Waals surface area contributed by atoms with Gasteiger partial charge in [0.2, 0.25) is 0 Å². The molecular weight excluding hydrogens is 261 g/mol. The van der Waals surface area contributed by atoms with E-state index in [2.05, 4.69) is 41.1 Å². The standard InChI is InChI=1S/C11H14BrN.ClH/c1-7-2-3-9(6-10(7)12)11(13)8-4-5-8;/h2-3,6,8,11H,4-5,13H2,1H3;1H/t11-;/m1./s1. The summed E-state index contributed by atoms with van der Waals surface area (Å²) < 4.78 is 1.17. The van der Waals surface area contributed by atoms with Crippen molar-refractivity contribution in [2.45, 2.75) is 25.8 Å². The fraction of sp³-hybridized carbons (Fsp3) is 0.455. The van der Waals surface area contributed by atoms with Crippen molar-refractivity contribution in [1.82, 2.24) is 0 Å². The van der Waals surface area contributed by atoms with Gasteiger partial charge in [-0.2, -0.15) is 0 Å². The lowest BCUT2D eigenvalue weighted by molar-refractivity contribution is 0.633. The van der Waals surface area contributed by atoms with Crippen molar-refractivity contribution < 1.29 is 0 Å². The molecule has 0 bridgehead atoms. The normalized spacial score (nSPS) is 17.4. The molecule has 0 amide bonds. The largest absolute Gasteiger partial charge is 0.324 e. The number of halogens is 2. The lowest BCUT2D eigenvalue weighted by atomic mass is 10.0. The molecule has 0 radical (unpaired) electrons. The lowest BCUT2D eigenvalue weighted by Crippen LogP contribution is -2.12. The number of benzene rings is 1. The Labute approximate surface area is 99.6 Å². The van der Waals surface area contributed by atoms with E-state index < -0.39 is 0 Å². The van der Waals surface area contributed by atoms with Gasteiger partial charge in [0.15, 0.2) is 0 Å². The van der Waals surface area contributed by atoms with Crippen molar-refractivity contribution in [3.8, 4) is 0 Å². The first-order valence-corrected chi connectivity index (χ1v) is 5.49. The van der Waals surface area contributed by atoms with E-state index in [4.69, 9.17) is 5.73 Å². The van der Waals surface area contributed by atoms with E-state index in [1.165, 1.54) is 28.4 Å². The Balaban J connectivity index is 0.000000980. The van der Waals surface area contributed by atoms with Crippen LogP contribution in [0, 0.1) is 12.8 Å². The molecule has 1 atom stereocenters. The van der Waals surface area contributed by atoms with E-state index in [1.807, 2.05) is 0 Å². The van der Waals surface area contributed by atoms with E-state index in [1.54, 1.807) is 0 Å². The van der Waals surface area contributed by atoms with Gasteiger partial charge in [0, 0.05) is 10.5 Å². The second kappa shape index (κ2) is 4.65. The van der Waals surface area contributed by atoms with Gasteiger partial charge in [-0.25, -0.2) is 0 Å². The third-order valence-electron chi connectivity index (χ3n) is 2.71. The Morgan fingerprint density at radius 3 is 2.57 bits per heavy atom. The van der Waals surface area contributed by atoms with Gasteiger partial charge in [-0.05, 0) is 42.9 Å². The van der Waals surface area contributed by atoms with Crippen molar-refractivity contribution in [1.29, 1.82) is 0 Å². The zero-order chi connectivity index (χ0) is 9.42. The maximum Gasteiger partial charge on any atom is 0.0323 e. The van der Waals surface area contributed by atoms with Crippen LogP contribution in [0.25, 0.3) is 0 Å². The van der Waals surface area contributed by atoms with Crippen LogP contribution in [0.1, 0.15) is 30.0 Å². The number of nitrogens with two attached hydrogens (primary N) is 1. The third kappa shape index (κ3) is 2.50. The quantitative estimate of drug-likeness (QED) is 0.878. The summed E-state index contributed by atoms with van der Waals surface area (Å²) in [6.45, 7) is 2.09. The van der Waals surface area contributed by atoms with Crippen LogP contribution in [0.4, 0.5) is 0 Å². The number of aryl methyl sites for hydroxylation is 1. The molecule has 14 heavy (non-hydrogen) atoms. The second-order valence-corrected chi connectivity index (χ2v) is 4.73. The van der Waals surface area contributed by atoms with E-state index >= 15 is 0 Å². The molecule has 1 aromatic rings. The van der Waals surface area contributed by atoms with Crippen molar-refractivity contribution >= 4 is 28.3 Å². The van der Waals surface area contributed by atoms with Crippen LogP contribution >= 0.6 is 28.3 Å². The van der Waals surface area contributed by atoms with Crippen LogP contribution in [-0.4, -0.2) is 0 Å². The molecule has 1 aliphatic rings. The van der Waals surface area contributed by atoms with Gasteiger partial charge in [-0.3, -0.25) is 0 Å². The molecule has 3 heteroatoms. The first kappa shape index (κ1) is 12.0. The molecule has 2 N–H and O–H groups in total. The van der Waals surface area contributed by atoms with Crippen LogP contribution in [0.2, 0.25) is 0 Å². The van der Waals surface area contributed by atoms with Gasteiger partial charge in [0.05, 0.1) is 0 Å². The van der Waals surface area contributed by atoms with Crippen molar-refractivity contribution in [2.75, 3.05) is 0 Å². The Hall–Kier alpha value is -0.0500. The minimum absolute atomic E-state index is 0.